The van der Waals surface area contributed by atoms with Crippen LogP contribution in [0.4, 0.5) is 5.69 Å². The maximum absolute atomic E-state index is 10.8. The normalized spacial score (nSPS) is 10.4. The third-order valence-electron chi connectivity index (χ3n) is 3.27. The summed E-state index contributed by atoms with van der Waals surface area (Å²) in [7, 11) is 3.85. The molecule has 3 aromatic rings. The fourth-order valence-corrected chi connectivity index (χ4v) is 2.28. The highest BCUT2D eigenvalue weighted by Crippen LogP contribution is 2.25. The number of hydrogen-bond donors (Lipinski definition) is 0. The van der Waals surface area contributed by atoms with Gasteiger partial charge in [0.05, 0.1) is 21.5 Å². The molecule has 0 atom stereocenters. The van der Waals surface area contributed by atoms with E-state index in [1.54, 1.807) is 6.07 Å². The Hall–Kier alpha value is -2.03. The monoisotopic (exact) mass is 396 g/mol. The molecule has 0 saturated heterocycles. The Morgan fingerprint density at radius 3 is 2.76 bits per heavy atom. The van der Waals surface area contributed by atoms with Gasteiger partial charge < -0.3 is 28.5 Å². The van der Waals surface area contributed by atoms with Crippen molar-refractivity contribution in [1.29, 1.82) is 0 Å². The van der Waals surface area contributed by atoms with Crippen LogP contribution in [0.3, 0.4) is 0 Å². The molecule has 0 unspecified atom stereocenters. The van der Waals surface area contributed by atoms with Crippen LogP contribution >= 0.6 is 0 Å². The number of nitro benzene ring substituents is 1. The molecule has 3 rings (SSSR count). The van der Waals surface area contributed by atoms with Gasteiger partial charge in [-0.15, -0.1) is 0 Å². The summed E-state index contributed by atoms with van der Waals surface area (Å²) in [6.45, 7) is 0. The lowest BCUT2D eigenvalue weighted by Crippen LogP contribution is -3.00. The Labute approximate surface area is 138 Å². The molecule has 2 aromatic heterocycles. The number of pyridine rings is 1. The Kier molecular flexibility index (Phi) is 4.21. The van der Waals surface area contributed by atoms with Crippen molar-refractivity contribution in [2.75, 3.05) is 0 Å². The minimum atomic E-state index is -0.406. The minimum absolute atomic E-state index is 0. The third kappa shape index (κ3) is 2.73. The van der Waals surface area contributed by atoms with Crippen molar-refractivity contribution < 1.29 is 33.5 Å². The standard InChI is InChI=1S/C14H13N4O2.HI/c1-16-7-3-4-10(9-16)14-15-12-8-11(18(19)20)5-6-13(12)17(14)2;/h3-9H,1-2H3;1H/q+1;/p-1. The number of benzene rings is 1. The number of imidazole rings is 1. The van der Waals surface area contributed by atoms with Gasteiger partial charge in [0.25, 0.3) is 5.69 Å². The Morgan fingerprint density at radius 1 is 1.33 bits per heavy atom. The van der Waals surface area contributed by atoms with Crippen LogP contribution in [0.1, 0.15) is 0 Å². The molecule has 21 heavy (non-hydrogen) atoms. The van der Waals surface area contributed by atoms with Gasteiger partial charge in [-0.2, -0.15) is 0 Å². The number of nitro groups is 1. The van der Waals surface area contributed by atoms with Crippen LogP contribution in [0.15, 0.2) is 42.7 Å². The van der Waals surface area contributed by atoms with Crippen LogP contribution in [0.25, 0.3) is 22.4 Å². The maximum atomic E-state index is 10.8. The van der Waals surface area contributed by atoms with Crippen molar-refractivity contribution in [1.82, 2.24) is 9.55 Å². The highest BCUT2D eigenvalue weighted by Gasteiger charge is 2.15. The molecular weight excluding hydrogens is 383 g/mol. The highest BCUT2D eigenvalue weighted by molar-refractivity contribution is 5.82. The molecule has 0 aliphatic rings. The van der Waals surface area contributed by atoms with E-state index < -0.39 is 4.92 Å². The maximum Gasteiger partial charge on any atom is 0.271 e. The van der Waals surface area contributed by atoms with E-state index in [4.69, 9.17) is 0 Å². The molecule has 1 aromatic carbocycles. The molecule has 7 heteroatoms. The van der Waals surface area contributed by atoms with E-state index in [9.17, 15) is 10.1 Å². The van der Waals surface area contributed by atoms with Crippen molar-refractivity contribution in [2.45, 2.75) is 0 Å². The quantitative estimate of drug-likeness (QED) is 0.241. The van der Waals surface area contributed by atoms with Gasteiger partial charge in [0.15, 0.2) is 12.4 Å². The zero-order chi connectivity index (χ0) is 14.3. The number of rotatable bonds is 2. The predicted octanol–water partition coefficient (Wildman–Crippen LogP) is -1.02. The molecular formula is C14H13IN4O2. The number of halogens is 1. The number of non-ortho nitro benzene ring substituents is 1. The third-order valence-corrected chi connectivity index (χ3v) is 3.27. The molecule has 0 N–H and O–H groups in total. The van der Waals surface area contributed by atoms with Crippen molar-refractivity contribution in [3.63, 3.8) is 0 Å². The molecule has 0 aliphatic heterocycles. The lowest BCUT2D eigenvalue weighted by Gasteiger charge is -2.00. The van der Waals surface area contributed by atoms with E-state index in [1.807, 2.05) is 47.8 Å². The van der Waals surface area contributed by atoms with E-state index >= 15 is 0 Å². The summed E-state index contributed by atoms with van der Waals surface area (Å²) >= 11 is 0. The number of aryl methyl sites for hydroxylation is 2. The number of aromatic nitrogens is 3. The number of nitrogens with zero attached hydrogens (tertiary/aromatic N) is 4. The average Bonchev–Trinajstić information content (AvgIpc) is 2.75. The Morgan fingerprint density at radius 2 is 2.10 bits per heavy atom. The second-order valence-corrected chi connectivity index (χ2v) is 4.68. The van der Waals surface area contributed by atoms with Gasteiger partial charge in [-0.25, -0.2) is 9.55 Å². The van der Waals surface area contributed by atoms with Gasteiger partial charge in [0.1, 0.15) is 12.9 Å². The zero-order valence-electron chi connectivity index (χ0n) is 11.5. The fourth-order valence-electron chi connectivity index (χ4n) is 2.28. The summed E-state index contributed by atoms with van der Waals surface area (Å²) in [5.41, 5.74) is 2.53. The molecule has 0 bridgehead atoms. The SMILES string of the molecule is Cn1c(-c2ccc[n+](C)c2)nc2cc([N+](=O)[O-])ccc21.[I-]. The summed E-state index contributed by atoms with van der Waals surface area (Å²) in [5, 5.41) is 10.8. The topological polar surface area (TPSA) is 64.8 Å². The van der Waals surface area contributed by atoms with Gasteiger partial charge in [-0.05, 0) is 12.1 Å². The summed E-state index contributed by atoms with van der Waals surface area (Å²) < 4.78 is 3.88. The van der Waals surface area contributed by atoms with Gasteiger partial charge in [0, 0.05) is 25.2 Å². The first-order valence-corrected chi connectivity index (χ1v) is 6.13. The predicted molar refractivity (Wildman–Crippen MR) is 74.0 cm³/mol. The summed E-state index contributed by atoms with van der Waals surface area (Å²) in [6.07, 6.45) is 3.91. The second kappa shape index (κ2) is 5.76. The van der Waals surface area contributed by atoms with Crippen LogP contribution < -0.4 is 28.5 Å². The van der Waals surface area contributed by atoms with Crippen LogP contribution in [0.5, 0.6) is 0 Å². The van der Waals surface area contributed by atoms with Gasteiger partial charge in [-0.3, -0.25) is 10.1 Å². The second-order valence-electron chi connectivity index (χ2n) is 4.68. The molecule has 6 nitrogen and oxygen atoms in total. The number of hydrogen-bond acceptors (Lipinski definition) is 3. The van der Waals surface area contributed by atoms with E-state index in [-0.39, 0.29) is 29.7 Å². The molecule has 0 fully saturated rings. The molecule has 0 radical (unpaired) electrons. The van der Waals surface area contributed by atoms with Crippen molar-refractivity contribution in [3.05, 3.63) is 52.8 Å². The highest BCUT2D eigenvalue weighted by atomic mass is 127. The smallest absolute Gasteiger partial charge is 0.271 e. The van der Waals surface area contributed by atoms with Gasteiger partial charge in [-0.1, -0.05) is 0 Å². The van der Waals surface area contributed by atoms with Crippen molar-refractivity contribution in [3.8, 4) is 11.4 Å². The molecule has 0 amide bonds. The van der Waals surface area contributed by atoms with Crippen LogP contribution in [0, 0.1) is 10.1 Å². The lowest BCUT2D eigenvalue weighted by atomic mass is 10.2. The van der Waals surface area contributed by atoms with E-state index in [2.05, 4.69) is 4.98 Å². The molecule has 2 heterocycles. The van der Waals surface area contributed by atoms with E-state index in [0.29, 0.717) is 5.52 Å². The average molecular weight is 396 g/mol. The first-order valence-electron chi connectivity index (χ1n) is 6.13. The minimum Gasteiger partial charge on any atom is -1.00 e. The summed E-state index contributed by atoms with van der Waals surface area (Å²) in [4.78, 5) is 14.9. The van der Waals surface area contributed by atoms with Crippen molar-refractivity contribution >= 4 is 16.7 Å². The molecule has 0 saturated carbocycles. The van der Waals surface area contributed by atoms with Crippen LogP contribution in [-0.4, -0.2) is 14.5 Å². The first kappa shape index (κ1) is 15.4. The lowest BCUT2D eigenvalue weighted by molar-refractivity contribution is -0.671. The molecule has 0 aliphatic carbocycles. The van der Waals surface area contributed by atoms with Crippen LogP contribution in [-0.2, 0) is 14.1 Å². The first-order chi connectivity index (χ1) is 9.56. The summed E-state index contributed by atoms with van der Waals surface area (Å²) in [6, 6.07) is 8.64. The Balaban J connectivity index is 0.00000161. The van der Waals surface area contributed by atoms with E-state index in [0.717, 1.165) is 16.9 Å². The van der Waals surface area contributed by atoms with Gasteiger partial charge in [0.2, 0.25) is 0 Å². The largest absolute Gasteiger partial charge is 1.00 e. The van der Waals surface area contributed by atoms with Crippen LogP contribution in [0.2, 0.25) is 0 Å². The van der Waals surface area contributed by atoms with Crippen molar-refractivity contribution in [2.24, 2.45) is 14.1 Å². The van der Waals surface area contributed by atoms with E-state index in [1.165, 1.54) is 12.1 Å². The Bertz CT molecular complexity index is 829. The number of fused-ring (bicyclic) bond motifs is 1. The molecule has 0 spiro atoms. The van der Waals surface area contributed by atoms with Gasteiger partial charge >= 0.3 is 0 Å². The zero-order valence-corrected chi connectivity index (χ0v) is 13.7. The molecule has 108 valence electrons. The summed E-state index contributed by atoms with van der Waals surface area (Å²) in [5.74, 6) is 0.789. The fraction of sp³-hybridized carbons (Fsp3) is 0.143.